The molecular weight excluding hydrogens is 378 g/mol. The van der Waals surface area contributed by atoms with Crippen LogP contribution in [0.25, 0.3) is 11.4 Å². The SMILES string of the molecule is COc1ccc(NC(=O)Cn2nnc(-c3ccc(OC)c(OC)c3)n2)c(OC)c1. The third kappa shape index (κ3) is 4.54. The van der Waals surface area contributed by atoms with E-state index in [0.717, 1.165) is 0 Å². The van der Waals surface area contributed by atoms with Crippen LogP contribution in [0.5, 0.6) is 23.0 Å². The highest BCUT2D eigenvalue weighted by Crippen LogP contribution is 2.31. The Bertz CT molecular complexity index is 1000. The summed E-state index contributed by atoms with van der Waals surface area (Å²) in [5.74, 6) is 2.28. The molecule has 1 heterocycles. The van der Waals surface area contributed by atoms with Crippen molar-refractivity contribution in [2.24, 2.45) is 0 Å². The molecule has 1 N–H and O–H groups in total. The highest BCUT2D eigenvalue weighted by atomic mass is 16.5. The predicted octanol–water partition coefficient (Wildman–Crippen LogP) is 2.01. The van der Waals surface area contributed by atoms with Gasteiger partial charge >= 0.3 is 0 Å². The van der Waals surface area contributed by atoms with Gasteiger partial charge in [0.25, 0.3) is 0 Å². The standard InChI is InChI=1S/C19H21N5O5/c1-26-13-6-7-14(16(10-13)28-3)20-18(25)11-24-22-19(21-23-24)12-5-8-15(27-2)17(9-12)29-4/h5-10H,11H2,1-4H3,(H,20,25). The van der Waals surface area contributed by atoms with Gasteiger partial charge in [-0.25, -0.2) is 0 Å². The lowest BCUT2D eigenvalue weighted by Crippen LogP contribution is -2.20. The number of tetrazole rings is 1. The number of carbonyl (C=O) groups excluding carboxylic acids is 1. The predicted molar refractivity (Wildman–Crippen MR) is 105 cm³/mol. The van der Waals surface area contributed by atoms with Gasteiger partial charge in [0.2, 0.25) is 11.7 Å². The quantitative estimate of drug-likeness (QED) is 0.613. The fraction of sp³-hybridized carbons (Fsp3) is 0.263. The number of nitrogens with zero attached hydrogens (tertiary/aromatic N) is 4. The summed E-state index contributed by atoms with van der Waals surface area (Å²) in [6.07, 6.45) is 0. The number of ether oxygens (including phenoxy) is 4. The molecule has 0 saturated carbocycles. The minimum Gasteiger partial charge on any atom is -0.497 e. The Labute approximate surface area is 167 Å². The minimum absolute atomic E-state index is 0.116. The molecule has 0 aliphatic heterocycles. The molecule has 10 nitrogen and oxygen atoms in total. The molecule has 0 radical (unpaired) electrons. The van der Waals surface area contributed by atoms with Gasteiger partial charge in [-0.1, -0.05) is 0 Å². The van der Waals surface area contributed by atoms with Crippen LogP contribution in [0.4, 0.5) is 5.69 Å². The monoisotopic (exact) mass is 399 g/mol. The van der Waals surface area contributed by atoms with Gasteiger partial charge in [-0.15, -0.1) is 10.2 Å². The van der Waals surface area contributed by atoms with Gasteiger partial charge < -0.3 is 24.3 Å². The third-order valence-corrected chi connectivity index (χ3v) is 4.06. The van der Waals surface area contributed by atoms with Crippen molar-refractivity contribution in [1.82, 2.24) is 20.2 Å². The first kappa shape index (κ1) is 19.9. The number of benzene rings is 2. The number of carbonyl (C=O) groups is 1. The zero-order valence-electron chi connectivity index (χ0n) is 16.5. The molecule has 0 aliphatic carbocycles. The topological polar surface area (TPSA) is 110 Å². The number of anilines is 1. The summed E-state index contributed by atoms with van der Waals surface area (Å²) in [4.78, 5) is 13.6. The van der Waals surface area contributed by atoms with Crippen molar-refractivity contribution in [2.75, 3.05) is 33.8 Å². The van der Waals surface area contributed by atoms with Gasteiger partial charge in [0.05, 0.1) is 34.1 Å². The number of methoxy groups -OCH3 is 4. The molecule has 0 atom stereocenters. The van der Waals surface area contributed by atoms with E-state index in [1.54, 1.807) is 57.7 Å². The van der Waals surface area contributed by atoms with Gasteiger partial charge in [-0.2, -0.15) is 4.80 Å². The van der Waals surface area contributed by atoms with E-state index in [0.29, 0.717) is 40.1 Å². The number of nitrogens with one attached hydrogen (secondary N) is 1. The van der Waals surface area contributed by atoms with Crippen LogP contribution in [0, 0.1) is 0 Å². The Hall–Kier alpha value is -3.82. The number of rotatable bonds is 8. The van der Waals surface area contributed by atoms with Crippen molar-refractivity contribution >= 4 is 11.6 Å². The van der Waals surface area contributed by atoms with Crippen molar-refractivity contribution in [3.8, 4) is 34.4 Å². The normalized spacial score (nSPS) is 10.3. The van der Waals surface area contributed by atoms with E-state index < -0.39 is 0 Å². The molecule has 1 aromatic heterocycles. The lowest BCUT2D eigenvalue weighted by Gasteiger charge is -2.11. The van der Waals surface area contributed by atoms with Crippen LogP contribution in [0.1, 0.15) is 0 Å². The molecular formula is C19H21N5O5. The van der Waals surface area contributed by atoms with E-state index in [1.807, 2.05) is 0 Å². The maximum atomic E-state index is 12.4. The highest BCUT2D eigenvalue weighted by Gasteiger charge is 2.14. The number of hydrogen-bond acceptors (Lipinski definition) is 8. The van der Waals surface area contributed by atoms with Gasteiger partial charge in [-0.3, -0.25) is 4.79 Å². The molecule has 10 heteroatoms. The molecule has 0 saturated heterocycles. The summed E-state index contributed by atoms with van der Waals surface area (Å²) in [6, 6.07) is 10.4. The van der Waals surface area contributed by atoms with Crippen LogP contribution in [-0.4, -0.2) is 54.6 Å². The fourth-order valence-corrected chi connectivity index (χ4v) is 2.62. The zero-order chi connectivity index (χ0) is 20.8. The first-order valence-electron chi connectivity index (χ1n) is 8.60. The molecule has 0 fully saturated rings. The van der Waals surface area contributed by atoms with Crippen molar-refractivity contribution < 1.29 is 23.7 Å². The van der Waals surface area contributed by atoms with E-state index in [2.05, 4.69) is 20.7 Å². The summed E-state index contributed by atoms with van der Waals surface area (Å²) in [5, 5.41) is 14.9. The maximum absolute atomic E-state index is 12.4. The smallest absolute Gasteiger partial charge is 0.248 e. The number of amides is 1. The second-order valence-corrected chi connectivity index (χ2v) is 5.83. The van der Waals surface area contributed by atoms with Gasteiger partial charge in [0, 0.05) is 11.6 Å². The summed E-state index contributed by atoms with van der Waals surface area (Å²) < 4.78 is 20.9. The molecule has 2 aromatic carbocycles. The van der Waals surface area contributed by atoms with Gasteiger partial charge in [0.1, 0.15) is 18.0 Å². The summed E-state index contributed by atoms with van der Waals surface area (Å²) in [5.41, 5.74) is 1.20. The molecule has 0 aliphatic rings. The highest BCUT2D eigenvalue weighted by molar-refractivity contribution is 5.92. The van der Waals surface area contributed by atoms with E-state index in [1.165, 1.54) is 11.9 Å². The van der Waals surface area contributed by atoms with Gasteiger partial charge in [0.15, 0.2) is 11.5 Å². The van der Waals surface area contributed by atoms with Crippen molar-refractivity contribution in [3.63, 3.8) is 0 Å². The van der Waals surface area contributed by atoms with Crippen LogP contribution >= 0.6 is 0 Å². The summed E-state index contributed by atoms with van der Waals surface area (Å²) in [6.45, 7) is -0.116. The maximum Gasteiger partial charge on any atom is 0.248 e. The second kappa shape index (κ2) is 8.91. The molecule has 3 rings (SSSR count). The van der Waals surface area contributed by atoms with Crippen LogP contribution in [-0.2, 0) is 11.3 Å². The van der Waals surface area contributed by atoms with Crippen LogP contribution in [0.3, 0.4) is 0 Å². The van der Waals surface area contributed by atoms with Crippen molar-refractivity contribution in [1.29, 1.82) is 0 Å². The van der Waals surface area contributed by atoms with E-state index >= 15 is 0 Å². The van der Waals surface area contributed by atoms with Crippen LogP contribution < -0.4 is 24.3 Å². The molecule has 0 spiro atoms. The molecule has 152 valence electrons. The fourth-order valence-electron chi connectivity index (χ4n) is 2.62. The van der Waals surface area contributed by atoms with Crippen LogP contribution in [0.15, 0.2) is 36.4 Å². The molecule has 0 unspecified atom stereocenters. The van der Waals surface area contributed by atoms with Crippen molar-refractivity contribution in [3.05, 3.63) is 36.4 Å². The van der Waals surface area contributed by atoms with Gasteiger partial charge in [-0.05, 0) is 35.5 Å². The largest absolute Gasteiger partial charge is 0.497 e. The summed E-state index contributed by atoms with van der Waals surface area (Å²) in [7, 11) is 6.17. The molecule has 3 aromatic rings. The Kier molecular flexibility index (Phi) is 6.12. The molecule has 0 bridgehead atoms. The van der Waals surface area contributed by atoms with E-state index in [9.17, 15) is 4.79 Å². The van der Waals surface area contributed by atoms with E-state index in [4.69, 9.17) is 18.9 Å². The Morgan fingerprint density at radius 3 is 2.38 bits per heavy atom. The lowest BCUT2D eigenvalue weighted by molar-refractivity contribution is -0.117. The minimum atomic E-state index is -0.329. The second-order valence-electron chi connectivity index (χ2n) is 5.83. The first-order chi connectivity index (χ1) is 14.1. The third-order valence-electron chi connectivity index (χ3n) is 4.06. The average Bonchev–Trinajstić information content (AvgIpc) is 3.21. The number of hydrogen-bond donors (Lipinski definition) is 1. The van der Waals surface area contributed by atoms with Crippen LogP contribution in [0.2, 0.25) is 0 Å². The Balaban J connectivity index is 1.71. The Morgan fingerprint density at radius 2 is 1.69 bits per heavy atom. The summed E-state index contributed by atoms with van der Waals surface area (Å²) >= 11 is 0. The van der Waals surface area contributed by atoms with Crippen molar-refractivity contribution in [2.45, 2.75) is 6.54 Å². The molecule has 1 amide bonds. The van der Waals surface area contributed by atoms with E-state index in [-0.39, 0.29) is 12.5 Å². The average molecular weight is 399 g/mol. The number of aromatic nitrogens is 4. The lowest BCUT2D eigenvalue weighted by atomic mass is 10.2. The Morgan fingerprint density at radius 1 is 0.931 bits per heavy atom. The first-order valence-corrected chi connectivity index (χ1v) is 8.60. The zero-order valence-corrected chi connectivity index (χ0v) is 16.5. The molecule has 29 heavy (non-hydrogen) atoms.